The molecular formula is C6H16NO3P. The molecular weight excluding hydrogens is 165 g/mol. The maximum atomic E-state index is 9.13. The van der Waals surface area contributed by atoms with Gasteiger partial charge in [0.15, 0.2) is 0 Å². The van der Waals surface area contributed by atoms with E-state index in [9.17, 15) is 0 Å². The molecule has 0 heterocycles. The minimum atomic E-state index is -3.43. The molecule has 5 heteroatoms. The van der Waals surface area contributed by atoms with Crippen molar-refractivity contribution in [2.75, 3.05) is 0 Å². The second kappa shape index (κ2) is 4.21. The highest BCUT2D eigenvalue weighted by molar-refractivity contribution is 7.49. The SMILES string of the molecule is CC(C)N=P(O)(O)OC(C)C. The van der Waals surface area contributed by atoms with E-state index in [0.29, 0.717) is 0 Å². The number of rotatable bonds is 3. The molecule has 0 aliphatic rings. The summed E-state index contributed by atoms with van der Waals surface area (Å²) in [5, 5.41) is 0. The van der Waals surface area contributed by atoms with Crippen LogP contribution in [0.1, 0.15) is 27.7 Å². The van der Waals surface area contributed by atoms with Crippen molar-refractivity contribution in [2.45, 2.75) is 39.8 Å². The lowest BCUT2D eigenvalue weighted by Crippen LogP contribution is -2.01. The summed E-state index contributed by atoms with van der Waals surface area (Å²) in [7, 11) is -3.43. The average Bonchev–Trinajstić information content (AvgIpc) is 1.53. The Balaban J connectivity index is 4.20. The molecule has 0 aliphatic carbocycles. The standard InChI is InChI=1S/C6H16NO3P/c1-5(2)7-11(8,9)10-6(3)4/h5-6,8-9H,1-4H3. The van der Waals surface area contributed by atoms with Crippen LogP contribution in [-0.4, -0.2) is 21.9 Å². The van der Waals surface area contributed by atoms with Gasteiger partial charge < -0.3 is 14.3 Å². The fourth-order valence-electron chi connectivity index (χ4n) is 0.611. The summed E-state index contributed by atoms with van der Waals surface area (Å²) in [6.45, 7) is 7.00. The highest BCUT2D eigenvalue weighted by atomic mass is 31.2. The fraction of sp³-hybridized carbons (Fsp3) is 1.00. The van der Waals surface area contributed by atoms with Gasteiger partial charge in [-0.15, -0.1) is 0 Å². The Kier molecular flexibility index (Phi) is 4.26. The van der Waals surface area contributed by atoms with E-state index < -0.39 is 7.74 Å². The fourth-order valence-corrected chi connectivity index (χ4v) is 1.83. The van der Waals surface area contributed by atoms with E-state index in [1.54, 1.807) is 27.7 Å². The summed E-state index contributed by atoms with van der Waals surface area (Å²) in [5.41, 5.74) is 0. The van der Waals surface area contributed by atoms with Gasteiger partial charge in [-0.1, -0.05) is 0 Å². The van der Waals surface area contributed by atoms with Gasteiger partial charge in [0.25, 0.3) is 0 Å². The van der Waals surface area contributed by atoms with Crippen molar-refractivity contribution < 1.29 is 14.3 Å². The predicted octanol–water partition coefficient (Wildman–Crippen LogP) is 1.75. The van der Waals surface area contributed by atoms with E-state index in [0.717, 1.165) is 0 Å². The molecule has 4 nitrogen and oxygen atoms in total. The zero-order valence-corrected chi connectivity index (χ0v) is 8.25. The van der Waals surface area contributed by atoms with Crippen LogP contribution in [0.25, 0.3) is 0 Å². The topological polar surface area (TPSA) is 62.1 Å². The van der Waals surface area contributed by atoms with Crippen molar-refractivity contribution >= 4 is 7.74 Å². The largest absolute Gasteiger partial charge is 0.350 e. The van der Waals surface area contributed by atoms with Crippen LogP contribution in [0.3, 0.4) is 0 Å². The van der Waals surface area contributed by atoms with Gasteiger partial charge in [-0.3, -0.25) is 0 Å². The molecule has 0 rings (SSSR count). The summed E-state index contributed by atoms with van der Waals surface area (Å²) in [5.74, 6) is 0. The molecule has 0 aromatic rings. The lowest BCUT2D eigenvalue weighted by atomic mass is 10.4. The monoisotopic (exact) mass is 181 g/mol. The van der Waals surface area contributed by atoms with Gasteiger partial charge in [0.05, 0.1) is 6.10 Å². The maximum Gasteiger partial charge on any atom is 0.350 e. The first-order valence-electron chi connectivity index (χ1n) is 3.59. The third-order valence-electron chi connectivity index (χ3n) is 0.734. The summed E-state index contributed by atoms with van der Waals surface area (Å²) in [6, 6.07) is -0.114. The molecule has 2 N–H and O–H groups in total. The van der Waals surface area contributed by atoms with Crippen molar-refractivity contribution in [3.8, 4) is 0 Å². The van der Waals surface area contributed by atoms with E-state index in [1.165, 1.54) is 0 Å². The van der Waals surface area contributed by atoms with Crippen molar-refractivity contribution in [3.63, 3.8) is 0 Å². The second-order valence-electron chi connectivity index (χ2n) is 2.88. The lowest BCUT2D eigenvalue weighted by Gasteiger charge is -2.14. The Bertz CT molecular complexity index is 161. The molecule has 0 aromatic heterocycles. The minimum absolute atomic E-state index is 0.114. The summed E-state index contributed by atoms with van der Waals surface area (Å²) < 4.78 is 8.45. The van der Waals surface area contributed by atoms with Gasteiger partial charge in [0.2, 0.25) is 0 Å². The van der Waals surface area contributed by atoms with Gasteiger partial charge in [-0.25, -0.2) is 4.74 Å². The van der Waals surface area contributed by atoms with E-state index in [1.807, 2.05) is 0 Å². The van der Waals surface area contributed by atoms with Crippen LogP contribution in [0.2, 0.25) is 0 Å². The number of hydrogen-bond donors (Lipinski definition) is 2. The quantitative estimate of drug-likeness (QED) is 0.652. The van der Waals surface area contributed by atoms with Crippen molar-refractivity contribution in [2.24, 2.45) is 4.74 Å². The molecule has 0 aromatic carbocycles. The first-order valence-corrected chi connectivity index (χ1v) is 5.15. The summed E-state index contributed by atoms with van der Waals surface area (Å²) in [4.78, 5) is 18.3. The molecule has 0 unspecified atom stereocenters. The average molecular weight is 181 g/mol. The third kappa shape index (κ3) is 6.51. The molecule has 0 aliphatic heterocycles. The Morgan fingerprint density at radius 3 is 1.91 bits per heavy atom. The highest BCUT2D eigenvalue weighted by Gasteiger charge is 2.14. The zero-order chi connectivity index (χ0) is 9.07. The third-order valence-corrected chi connectivity index (χ3v) is 2.20. The van der Waals surface area contributed by atoms with Gasteiger partial charge >= 0.3 is 7.74 Å². The molecule has 0 spiro atoms. The Morgan fingerprint density at radius 1 is 1.18 bits per heavy atom. The van der Waals surface area contributed by atoms with Crippen molar-refractivity contribution in [3.05, 3.63) is 0 Å². The lowest BCUT2D eigenvalue weighted by molar-refractivity contribution is 0.188. The Labute approximate surface area is 67.5 Å². The van der Waals surface area contributed by atoms with Crippen LogP contribution in [0, 0.1) is 0 Å². The predicted molar refractivity (Wildman–Crippen MR) is 45.1 cm³/mol. The van der Waals surface area contributed by atoms with Crippen LogP contribution in [0.5, 0.6) is 0 Å². The second-order valence-corrected chi connectivity index (χ2v) is 4.34. The molecule has 68 valence electrons. The van der Waals surface area contributed by atoms with E-state index in [4.69, 9.17) is 14.3 Å². The summed E-state index contributed by atoms with van der Waals surface area (Å²) in [6.07, 6.45) is -0.208. The normalized spacial score (nSPS) is 12.7. The molecule has 0 bridgehead atoms. The number of hydrogen-bond acceptors (Lipinski definition) is 2. The van der Waals surface area contributed by atoms with E-state index >= 15 is 0 Å². The van der Waals surface area contributed by atoms with Gasteiger partial charge in [-0.05, 0) is 27.7 Å². The smallest absolute Gasteiger partial charge is 0.319 e. The highest BCUT2D eigenvalue weighted by Crippen LogP contribution is 2.42. The van der Waals surface area contributed by atoms with Crippen LogP contribution >= 0.6 is 7.74 Å². The van der Waals surface area contributed by atoms with Crippen LogP contribution in [0.15, 0.2) is 4.74 Å². The zero-order valence-electron chi connectivity index (χ0n) is 7.35. The van der Waals surface area contributed by atoms with Crippen LogP contribution in [-0.2, 0) is 4.52 Å². The first kappa shape index (κ1) is 11.1. The van der Waals surface area contributed by atoms with Gasteiger partial charge in [-0.2, -0.15) is 0 Å². The molecule has 0 saturated heterocycles. The molecule has 0 fully saturated rings. The van der Waals surface area contributed by atoms with E-state index in [2.05, 4.69) is 4.74 Å². The number of nitrogens with zero attached hydrogens (tertiary/aromatic N) is 1. The summed E-state index contributed by atoms with van der Waals surface area (Å²) >= 11 is 0. The Hall–Kier alpha value is 0.110. The van der Waals surface area contributed by atoms with Crippen molar-refractivity contribution in [1.29, 1.82) is 0 Å². The van der Waals surface area contributed by atoms with E-state index in [-0.39, 0.29) is 12.1 Å². The van der Waals surface area contributed by atoms with Gasteiger partial charge in [0, 0.05) is 6.04 Å². The van der Waals surface area contributed by atoms with Crippen LogP contribution < -0.4 is 0 Å². The minimum Gasteiger partial charge on any atom is -0.319 e. The van der Waals surface area contributed by atoms with Crippen LogP contribution in [0.4, 0.5) is 0 Å². The Morgan fingerprint density at radius 2 is 1.64 bits per heavy atom. The molecule has 0 radical (unpaired) electrons. The molecule has 0 amide bonds. The maximum absolute atomic E-state index is 9.13. The van der Waals surface area contributed by atoms with Gasteiger partial charge in [0.1, 0.15) is 0 Å². The van der Waals surface area contributed by atoms with Crippen molar-refractivity contribution in [1.82, 2.24) is 0 Å². The first-order chi connectivity index (χ1) is 4.83. The molecule has 0 atom stereocenters. The molecule has 11 heavy (non-hydrogen) atoms. The molecule has 0 saturated carbocycles.